The van der Waals surface area contributed by atoms with Crippen molar-refractivity contribution in [1.82, 2.24) is 0 Å². The van der Waals surface area contributed by atoms with Crippen LogP contribution in [0.3, 0.4) is 0 Å². The van der Waals surface area contributed by atoms with Crippen LogP contribution in [-0.4, -0.2) is 36.7 Å². The molecule has 6 heteroatoms. The summed E-state index contributed by atoms with van der Waals surface area (Å²) in [5.41, 5.74) is 2.21. The Morgan fingerprint density at radius 1 is 0.417 bits per heavy atom. The van der Waals surface area contributed by atoms with Crippen molar-refractivity contribution in [3.05, 3.63) is 143 Å². The Morgan fingerprint density at radius 3 is 1.14 bits per heavy atom. The van der Waals surface area contributed by atoms with Crippen molar-refractivity contribution < 1.29 is 28.7 Å². The predicted octanol–water partition coefficient (Wildman–Crippen LogP) is 5.16. The monoisotopic (exact) mass is 478 g/mol. The second-order valence-corrected chi connectivity index (χ2v) is 7.82. The molecule has 0 saturated heterocycles. The van der Waals surface area contributed by atoms with Crippen LogP contribution >= 0.6 is 0 Å². The quantitative estimate of drug-likeness (QED) is 0.188. The Labute approximate surface area is 208 Å². The first kappa shape index (κ1) is 24.3. The molecular weight excluding hydrogens is 456 g/mol. The topological polar surface area (TPSA) is 86.7 Å². The van der Waals surface area contributed by atoms with E-state index in [1.54, 1.807) is 84.9 Å². The predicted molar refractivity (Wildman–Crippen MR) is 133 cm³/mol. The number of rotatable bonds is 9. The number of benzene rings is 4. The van der Waals surface area contributed by atoms with Crippen molar-refractivity contribution >= 4 is 23.5 Å². The maximum atomic E-state index is 12.6. The largest absolute Gasteiger partial charge is 0.458 e. The van der Waals surface area contributed by atoms with E-state index < -0.39 is 11.9 Å². The zero-order valence-electron chi connectivity index (χ0n) is 19.3. The van der Waals surface area contributed by atoms with Crippen LogP contribution in [0.2, 0.25) is 0 Å². The minimum atomic E-state index is -0.635. The van der Waals surface area contributed by atoms with E-state index in [2.05, 4.69) is 0 Å². The molecular formula is C30H22O6. The van der Waals surface area contributed by atoms with Crippen LogP contribution < -0.4 is 0 Å². The molecule has 0 aliphatic heterocycles. The van der Waals surface area contributed by atoms with E-state index in [1.165, 1.54) is 12.1 Å². The number of hydrogen-bond donors (Lipinski definition) is 0. The first-order valence-corrected chi connectivity index (χ1v) is 11.3. The summed E-state index contributed by atoms with van der Waals surface area (Å²) in [5.74, 6) is -1.67. The van der Waals surface area contributed by atoms with Gasteiger partial charge in [0.25, 0.3) is 0 Å². The Bertz CT molecular complexity index is 1280. The van der Waals surface area contributed by atoms with Crippen LogP contribution in [0.1, 0.15) is 52.6 Å². The van der Waals surface area contributed by atoms with E-state index in [0.29, 0.717) is 22.3 Å². The van der Waals surface area contributed by atoms with E-state index >= 15 is 0 Å². The molecule has 4 aromatic carbocycles. The van der Waals surface area contributed by atoms with Crippen LogP contribution in [0.4, 0.5) is 0 Å². The van der Waals surface area contributed by atoms with Crippen molar-refractivity contribution in [2.75, 3.05) is 13.2 Å². The molecule has 0 bridgehead atoms. The Balaban J connectivity index is 1.30. The lowest BCUT2D eigenvalue weighted by atomic mass is 10.0. The van der Waals surface area contributed by atoms with Crippen LogP contribution in [0.25, 0.3) is 0 Å². The summed E-state index contributed by atoms with van der Waals surface area (Å²) >= 11 is 0. The molecule has 4 aromatic rings. The van der Waals surface area contributed by atoms with Gasteiger partial charge in [-0.05, 0) is 24.3 Å². The number of ketones is 2. The summed E-state index contributed by atoms with van der Waals surface area (Å²) in [6, 6.07) is 30.0. The van der Waals surface area contributed by atoms with Gasteiger partial charge in [0.15, 0.2) is 11.6 Å². The fourth-order valence-corrected chi connectivity index (χ4v) is 3.52. The number of carbonyl (C=O) groups excluding carboxylic acids is 4. The highest BCUT2D eigenvalue weighted by Gasteiger charge is 2.15. The van der Waals surface area contributed by atoms with Gasteiger partial charge in [-0.25, -0.2) is 9.59 Å². The van der Waals surface area contributed by atoms with Crippen LogP contribution in [0, 0.1) is 0 Å². The molecule has 4 rings (SSSR count). The second kappa shape index (κ2) is 11.5. The Morgan fingerprint density at radius 2 is 0.750 bits per heavy atom. The smallest absolute Gasteiger partial charge is 0.338 e. The van der Waals surface area contributed by atoms with Crippen LogP contribution in [0.5, 0.6) is 0 Å². The minimum absolute atomic E-state index is 0.163. The fourth-order valence-electron chi connectivity index (χ4n) is 3.52. The van der Waals surface area contributed by atoms with E-state index in [4.69, 9.17) is 9.47 Å². The third kappa shape index (κ3) is 5.98. The molecule has 36 heavy (non-hydrogen) atoms. The molecule has 0 N–H and O–H groups in total. The van der Waals surface area contributed by atoms with E-state index in [0.717, 1.165) is 0 Å². The molecule has 0 radical (unpaired) electrons. The number of esters is 2. The highest BCUT2D eigenvalue weighted by Crippen LogP contribution is 2.14. The standard InChI is InChI=1S/C30H22O6/c31-27(21-9-3-1-4-10-21)23-13-7-15-25(19-23)29(33)35-17-18-36-30(34)26-16-8-14-24(20-26)28(32)22-11-5-2-6-12-22/h1-16,19-20H,17-18H2. The highest BCUT2D eigenvalue weighted by atomic mass is 16.6. The Hall–Kier alpha value is -4.84. The maximum Gasteiger partial charge on any atom is 0.338 e. The molecule has 0 heterocycles. The summed E-state index contributed by atoms with van der Waals surface area (Å²) in [5, 5.41) is 0. The van der Waals surface area contributed by atoms with Gasteiger partial charge in [-0.3, -0.25) is 9.59 Å². The summed E-state index contributed by atoms with van der Waals surface area (Å²) in [6.45, 7) is -0.325. The molecule has 0 amide bonds. The van der Waals surface area contributed by atoms with Gasteiger partial charge in [0.1, 0.15) is 13.2 Å². The molecule has 0 aliphatic rings. The summed E-state index contributed by atoms with van der Waals surface area (Å²) < 4.78 is 10.4. The van der Waals surface area contributed by atoms with Gasteiger partial charge in [-0.2, -0.15) is 0 Å². The normalized spacial score (nSPS) is 10.3. The zero-order chi connectivity index (χ0) is 25.3. The summed E-state index contributed by atoms with van der Waals surface area (Å²) in [4.78, 5) is 50.0. The van der Waals surface area contributed by atoms with Gasteiger partial charge < -0.3 is 9.47 Å². The van der Waals surface area contributed by atoms with Gasteiger partial charge in [-0.1, -0.05) is 84.9 Å². The van der Waals surface area contributed by atoms with E-state index in [9.17, 15) is 19.2 Å². The van der Waals surface area contributed by atoms with E-state index in [-0.39, 0.29) is 35.9 Å². The molecule has 0 atom stereocenters. The second-order valence-electron chi connectivity index (χ2n) is 7.82. The van der Waals surface area contributed by atoms with Gasteiger partial charge in [0.05, 0.1) is 11.1 Å². The molecule has 178 valence electrons. The van der Waals surface area contributed by atoms with Crippen molar-refractivity contribution in [2.45, 2.75) is 0 Å². The lowest BCUT2D eigenvalue weighted by Crippen LogP contribution is -2.15. The molecule has 0 aromatic heterocycles. The maximum absolute atomic E-state index is 12.6. The van der Waals surface area contributed by atoms with Gasteiger partial charge in [0.2, 0.25) is 0 Å². The number of carbonyl (C=O) groups is 4. The van der Waals surface area contributed by atoms with Gasteiger partial charge in [-0.15, -0.1) is 0 Å². The fraction of sp³-hybridized carbons (Fsp3) is 0.0667. The molecule has 0 spiro atoms. The minimum Gasteiger partial charge on any atom is -0.458 e. The number of ether oxygens (including phenoxy) is 2. The first-order valence-electron chi connectivity index (χ1n) is 11.3. The molecule has 0 aliphatic carbocycles. The molecule has 0 unspecified atom stereocenters. The Kier molecular flexibility index (Phi) is 7.78. The summed E-state index contributed by atoms with van der Waals surface area (Å²) in [7, 11) is 0. The molecule has 0 fully saturated rings. The first-order chi connectivity index (χ1) is 17.5. The van der Waals surface area contributed by atoms with Gasteiger partial charge >= 0.3 is 11.9 Å². The van der Waals surface area contributed by atoms with Gasteiger partial charge in [0, 0.05) is 22.3 Å². The van der Waals surface area contributed by atoms with Crippen molar-refractivity contribution in [3.8, 4) is 0 Å². The average molecular weight is 479 g/mol. The highest BCUT2D eigenvalue weighted by molar-refractivity contribution is 6.10. The number of hydrogen-bond acceptors (Lipinski definition) is 6. The third-order valence-electron chi connectivity index (χ3n) is 5.34. The molecule has 6 nitrogen and oxygen atoms in total. The van der Waals surface area contributed by atoms with Crippen LogP contribution in [0.15, 0.2) is 109 Å². The van der Waals surface area contributed by atoms with E-state index in [1.807, 2.05) is 12.1 Å². The van der Waals surface area contributed by atoms with Crippen LogP contribution in [-0.2, 0) is 9.47 Å². The summed E-state index contributed by atoms with van der Waals surface area (Å²) in [6.07, 6.45) is 0. The van der Waals surface area contributed by atoms with Crippen molar-refractivity contribution in [1.29, 1.82) is 0 Å². The average Bonchev–Trinajstić information content (AvgIpc) is 2.95. The zero-order valence-corrected chi connectivity index (χ0v) is 19.3. The van der Waals surface area contributed by atoms with Crippen molar-refractivity contribution in [3.63, 3.8) is 0 Å². The lowest BCUT2D eigenvalue weighted by Gasteiger charge is -2.08. The third-order valence-corrected chi connectivity index (χ3v) is 5.34. The molecule has 0 saturated carbocycles. The SMILES string of the molecule is O=C(OCCOC(=O)c1cccc(C(=O)c2ccccc2)c1)c1cccc(C(=O)c2ccccc2)c1. The lowest BCUT2D eigenvalue weighted by molar-refractivity contribution is 0.0265. The van der Waals surface area contributed by atoms with Crippen molar-refractivity contribution in [2.24, 2.45) is 0 Å².